The normalized spacial score (nSPS) is 13.6. The van der Waals surface area contributed by atoms with Crippen LogP contribution in [0.1, 0.15) is 19.3 Å². The molecule has 0 radical (unpaired) electrons. The van der Waals surface area contributed by atoms with Crippen LogP contribution in [0.5, 0.6) is 5.75 Å². The molecule has 0 aliphatic carbocycles. The molecular formula is C19H24ClN5O2S. The third-order valence-corrected chi connectivity index (χ3v) is 5.30. The molecule has 0 bridgehead atoms. The van der Waals surface area contributed by atoms with Gasteiger partial charge in [-0.2, -0.15) is 0 Å². The van der Waals surface area contributed by atoms with E-state index in [2.05, 4.69) is 10.3 Å². The summed E-state index contributed by atoms with van der Waals surface area (Å²) in [5.74, 6) is 1.09. The Hall–Kier alpha value is -2.32. The molecule has 2 heterocycles. The second kappa shape index (κ2) is 9.25. The fourth-order valence-electron chi connectivity index (χ4n) is 3.34. The first kappa shape index (κ1) is 20.4. The lowest BCUT2D eigenvalue weighted by atomic mass is 10.1. The Kier molecular flexibility index (Phi) is 6.74. The van der Waals surface area contributed by atoms with Gasteiger partial charge in [0.2, 0.25) is 0 Å². The second-order valence-corrected chi connectivity index (χ2v) is 7.47. The van der Waals surface area contributed by atoms with E-state index in [0.29, 0.717) is 45.8 Å². The highest BCUT2D eigenvalue weighted by Crippen LogP contribution is 2.32. The third kappa shape index (κ3) is 4.74. The van der Waals surface area contributed by atoms with Crippen LogP contribution in [-0.2, 0) is 6.54 Å². The van der Waals surface area contributed by atoms with Crippen LogP contribution in [0.25, 0.3) is 11.3 Å². The highest BCUT2D eigenvalue weighted by Gasteiger charge is 2.15. The quantitative estimate of drug-likeness (QED) is 0.288. The number of hydrogen-bond acceptors (Lipinski definition) is 4. The number of rotatable bonds is 6. The Balaban J connectivity index is 1.78. The molecule has 1 saturated heterocycles. The minimum Gasteiger partial charge on any atom is -0.496 e. The predicted octanol–water partition coefficient (Wildman–Crippen LogP) is 3.25. The van der Waals surface area contributed by atoms with Gasteiger partial charge in [-0.1, -0.05) is 11.6 Å². The number of benzene rings is 1. The highest BCUT2D eigenvalue weighted by atomic mass is 35.5. The molecule has 0 unspecified atom stereocenters. The van der Waals surface area contributed by atoms with Crippen LogP contribution in [0.15, 0.2) is 29.1 Å². The Bertz CT molecular complexity index is 966. The number of likely N-dealkylation sites (tertiary alicyclic amines) is 1. The molecule has 1 fully saturated rings. The van der Waals surface area contributed by atoms with Crippen molar-refractivity contribution in [3.8, 4) is 17.0 Å². The molecule has 28 heavy (non-hydrogen) atoms. The summed E-state index contributed by atoms with van der Waals surface area (Å²) in [4.78, 5) is 16.8. The first-order valence-electron chi connectivity index (χ1n) is 9.25. The molecule has 1 aliphatic rings. The molecule has 1 aromatic heterocycles. The fraction of sp³-hybridized carbons (Fsp3) is 0.421. The van der Waals surface area contributed by atoms with Crippen molar-refractivity contribution in [3.05, 3.63) is 44.4 Å². The van der Waals surface area contributed by atoms with Gasteiger partial charge in [0.05, 0.1) is 12.8 Å². The van der Waals surface area contributed by atoms with E-state index in [1.807, 2.05) is 9.47 Å². The molecule has 2 aromatic rings. The van der Waals surface area contributed by atoms with Crippen molar-refractivity contribution in [2.24, 2.45) is 0 Å². The van der Waals surface area contributed by atoms with Crippen LogP contribution < -0.4 is 15.6 Å². The van der Waals surface area contributed by atoms with Gasteiger partial charge in [-0.15, -0.1) is 0 Å². The van der Waals surface area contributed by atoms with Crippen molar-refractivity contribution in [2.45, 2.75) is 25.8 Å². The second-order valence-electron chi connectivity index (χ2n) is 6.64. The Morgan fingerprint density at radius 1 is 1.36 bits per heavy atom. The molecule has 1 aromatic carbocycles. The summed E-state index contributed by atoms with van der Waals surface area (Å²) < 4.78 is 7.65. The predicted molar refractivity (Wildman–Crippen MR) is 114 cm³/mol. The molecule has 1 aliphatic heterocycles. The molecule has 150 valence electrons. The Labute approximate surface area is 173 Å². The molecular weight excluding hydrogens is 398 g/mol. The highest BCUT2D eigenvalue weighted by molar-refractivity contribution is 7.71. The molecule has 0 spiro atoms. The van der Waals surface area contributed by atoms with Gasteiger partial charge in [0.1, 0.15) is 5.75 Å². The number of aromatic amines is 1. The van der Waals surface area contributed by atoms with E-state index in [0.717, 1.165) is 32.4 Å². The van der Waals surface area contributed by atoms with Gasteiger partial charge < -0.3 is 19.5 Å². The zero-order valence-corrected chi connectivity index (χ0v) is 17.3. The topological polar surface area (TPSA) is 86.1 Å². The summed E-state index contributed by atoms with van der Waals surface area (Å²) >= 11 is 11.6. The van der Waals surface area contributed by atoms with Crippen LogP contribution in [-0.4, -0.2) is 47.2 Å². The van der Waals surface area contributed by atoms with Crippen LogP contribution in [0.3, 0.4) is 0 Å². The van der Waals surface area contributed by atoms with Crippen LogP contribution >= 0.6 is 23.8 Å². The number of H-pyrrole nitrogens is 1. The minimum atomic E-state index is -0.271. The van der Waals surface area contributed by atoms with Crippen LogP contribution in [0.2, 0.25) is 5.02 Å². The maximum Gasteiger partial charge on any atom is 0.252 e. The molecule has 3 N–H and O–H groups in total. The van der Waals surface area contributed by atoms with Crippen molar-refractivity contribution in [1.82, 2.24) is 19.8 Å². The fourth-order valence-corrected chi connectivity index (χ4v) is 3.80. The van der Waals surface area contributed by atoms with E-state index in [4.69, 9.17) is 34.0 Å². The van der Waals surface area contributed by atoms with Gasteiger partial charge in [0.25, 0.3) is 5.56 Å². The van der Waals surface area contributed by atoms with E-state index < -0.39 is 0 Å². The van der Waals surface area contributed by atoms with E-state index in [-0.39, 0.29) is 5.56 Å². The lowest BCUT2D eigenvalue weighted by Gasteiger charge is -2.20. The number of methoxy groups -OCH3 is 1. The SMILES string of the molecule is COc1ccc(Cl)cc1-c1cc(=O)[nH]c(=S)n1CCCNC(=N)N1CCCC1. The van der Waals surface area contributed by atoms with Gasteiger partial charge >= 0.3 is 0 Å². The Morgan fingerprint density at radius 2 is 2.11 bits per heavy atom. The van der Waals surface area contributed by atoms with Gasteiger partial charge in [-0.3, -0.25) is 15.2 Å². The Morgan fingerprint density at radius 3 is 2.82 bits per heavy atom. The number of hydrogen-bond donors (Lipinski definition) is 3. The third-order valence-electron chi connectivity index (χ3n) is 4.74. The van der Waals surface area contributed by atoms with Crippen molar-refractivity contribution >= 4 is 29.8 Å². The van der Waals surface area contributed by atoms with E-state index in [9.17, 15) is 4.79 Å². The lowest BCUT2D eigenvalue weighted by molar-refractivity contribution is 0.416. The summed E-state index contributed by atoms with van der Waals surface area (Å²) in [6.07, 6.45) is 3.02. The van der Waals surface area contributed by atoms with Crippen molar-refractivity contribution in [3.63, 3.8) is 0 Å². The summed E-state index contributed by atoms with van der Waals surface area (Å²) in [6.45, 7) is 3.11. The average Bonchev–Trinajstić information content (AvgIpc) is 3.20. The first-order valence-corrected chi connectivity index (χ1v) is 10.0. The minimum absolute atomic E-state index is 0.271. The molecule has 0 saturated carbocycles. The number of halogens is 1. The maximum atomic E-state index is 12.0. The average molecular weight is 422 g/mol. The maximum absolute atomic E-state index is 12.0. The lowest BCUT2D eigenvalue weighted by Crippen LogP contribution is -2.39. The number of aromatic nitrogens is 2. The molecule has 9 heteroatoms. The summed E-state index contributed by atoms with van der Waals surface area (Å²) in [5, 5.41) is 11.8. The molecule has 0 atom stereocenters. The zero-order chi connectivity index (χ0) is 20.1. The number of ether oxygens (including phenoxy) is 1. The number of nitrogens with zero attached hydrogens (tertiary/aromatic N) is 2. The van der Waals surface area contributed by atoms with Crippen molar-refractivity contribution in [1.29, 1.82) is 5.41 Å². The smallest absolute Gasteiger partial charge is 0.252 e. The summed E-state index contributed by atoms with van der Waals surface area (Å²) in [7, 11) is 1.58. The molecule has 0 amide bonds. The monoisotopic (exact) mass is 421 g/mol. The van der Waals surface area contributed by atoms with E-state index in [1.165, 1.54) is 6.07 Å². The van der Waals surface area contributed by atoms with Crippen LogP contribution in [0.4, 0.5) is 0 Å². The van der Waals surface area contributed by atoms with Crippen molar-refractivity contribution < 1.29 is 4.74 Å². The summed E-state index contributed by atoms with van der Waals surface area (Å²) in [5.41, 5.74) is 1.10. The van der Waals surface area contributed by atoms with Gasteiger partial charge in [-0.05, 0) is 49.7 Å². The molecule has 3 rings (SSSR count). The molecule has 7 nitrogen and oxygen atoms in total. The van der Waals surface area contributed by atoms with E-state index >= 15 is 0 Å². The van der Waals surface area contributed by atoms with Gasteiger partial charge in [0, 0.05) is 42.8 Å². The van der Waals surface area contributed by atoms with Crippen LogP contribution in [0, 0.1) is 10.2 Å². The number of nitrogens with one attached hydrogen (secondary N) is 3. The first-order chi connectivity index (χ1) is 13.5. The van der Waals surface area contributed by atoms with E-state index in [1.54, 1.807) is 25.3 Å². The van der Waals surface area contributed by atoms with Crippen molar-refractivity contribution in [2.75, 3.05) is 26.7 Å². The zero-order valence-electron chi connectivity index (χ0n) is 15.8. The van der Waals surface area contributed by atoms with Gasteiger partial charge in [-0.25, -0.2) is 0 Å². The largest absolute Gasteiger partial charge is 0.496 e. The van der Waals surface area contributed by atoms with Gasteiger partial charge in [0.15, 0.2) is 10.7 Å². The standard InChI is InChI=1S/C19H24ClN5O2S/c1-27-16-6-5-13(20)11-14(16)15-12-17(26)23-19(28)25(15)10-4-7-22-18(21)24-8-2-3-9-24/h5-6,11-12H,2-4,7-10H2,1H3,(H2,21,22)(H,23,26,28). The summed E-state index contributed by atoms with van der Waals surface area (Å²) in [6, 6.07) is 6.78. The number of guanidine groups is 1.